The quantitative estimate of drug-likeness (QED) is 0.373. The van der Waals surface area contributed by atoms with E-state index in [0.29, 0.717) is 36.2 Å². The fourth-order valence-electron chi connectivity index (χ4n) is 2.84. The van der Waals surface area contributed by atoms with Crippen LogP contribution in [0.2, 0.25) is 0 Å². The van der Waals surface area contributed by atoms with Gasteiger partial charge in [0.2, 0.25) is 5.95 Å². The first-order chi connectivity index (χ1) is 15.1. The van der Waals surface area contributed by atoms with Crippen molar-refractivity contribution >= 4 is 28.9 Å². The molecule has 31 heavy (non-hydrogen) atoms. The van der Waals surface area contributed by atoms with Crippen LogP contribution in [-0.4, -0.2) is 42.3 Å². The summed E-state index contributed by atoms with van der Waals surface area (Å²) in [6.07, 6.45) is 1.36. The van der Waals surface area contributed by atoms with Gasteiger partial charge in [-0.2, -0.15) is 4.39 Å². The van der Waals surface area contributed by atoms with Crippen molar-refractivity contribution in [2.75, 3.05) is 31.0 Å². The summed E-state index contributed by atoms with van der Waals surface area (Å²) in [7, 11) is 1.34. The molecule has 1 aromatic carbocycles. The van der Waals surface area contributed by atoms with Gasteiger partial charge in [-0.3, -0.25) is 9.63 Å². The summed E-state index contributed by atoms with van der Waals surface area (Å²) in [4.78, 5) is 25.2. The Bertz CT molecular complexity index is 1080. The third-order valence-electron chi connectivity index (χ3n) is 4.37. The molecule has 0 bridgehead atoms. The standard InChI is InChI=1S/C21H20FN5O4/c1-29-27-21(28)14-10-23-20(26-19-8-4-7-18(22)25-19)9-16(14)24-15-5-2-3-6-17(15)31-13-11-30-12-13/h2-10,13H,11-12H2,1H3,(H,27,28)(H2,23,24,25,26). The van der Waals surface area contributed by atoms with E-state index in [1.54, 1.807) is 12.1 Å². The lowest BCUT2D eigenvalue weighted by Gasteiger charge is -2.28. The fraction of sp³-hybridized carbons (Fsp3) is 0.190. The Morgan fingerprint density at radius 2 is 1.94 bits per heavy atom. The van der Waals surface area contributed by atoms with Crippen LogP contribution in [0.4, 0.5) is 27.4 Å². The van der Waals surface area contributed by atoms with Crippen LogP contribution in [0.25, 0.3) is 0 Å². The van der Waals surface area contributed by atoms with Crippen LogP contribution in [-0.2, 0) is 9.57 Å². The van der Waals surface area contributed by atoms with Crippen LogP contribution in [0, 0.1) is 5.95 Å². The van der Waals surface area contributed by atoms with Gasteiger partial charge in [-0.05, 0) is 24.3 Å². The zero-order valence-electron chi connectivity index (χ0n) is 16.6. The molecule has 1 fully saturated rings. The van der Waals surface area contributed by atoms with Gasteiger partial charge in [-0.1, -0.05) is 18.2 Å². The van der Waals surface area contributed by atoms with Crippen molar-refractivity contribution in [2.24, 2.45) is 0 Å². The summed E-state index contributed by atoms with van der Waals surface area (Å²) in [5.41, 5.74) is 3.61. The van der Waals surface area contributed by atoms with Crippen LogP contribution >= 0.6 is 0 Å². The summed E-state index contributed by atoms with van der Waals surface area (Å²) >= 11 is 0. The molecule has 3 aromatic rings. The van der Waals surface area contributed by atoms with Gasteiger partial charge in [0.15, 0.2) is 0 Å². The first kappa shape index (κ1) is 20.5. The SMILES string of the molecule is CONC(=O)c1cnc(Nc2cccc(F)n2)cc1Nc1ccccc1OC1COC1. The minimum absolute atomic E-state index is 0.0204. The topological polar surface area (TPSA) is 107 Å². The molecule has 160 valence electrons. The second-order valence-electron chi connectivity index (χ2n) is 6.62. The largest absolute Gasteiger partial charge is 0.483 e. The van der Waals surface area contributed by atoms with Gasteiger partial charge in [0, 0.05) is 12.3 Å². The molecule has 1 aliphatic heterocycles. The third-order valence-corrected chi connectivity index (χ3v) is 4.37. The molecule has 3 N–H and O–H groups in total. The monoisotopic (exact) mass is 425 g/mol. The Hall–Kier alpha value is -3.76. The van der Waals surface area contributed by atoms with E-state index in [2.05, 4.69) is 26.1 Å². The lowest BCUT2D eigenvalue weighted by atomic mass is 10.2. The normalized spacial score (nSPS) is 13.2. The number of carbonyl (C=O) groups excluding carboxylic acids is 1. The van der Waals surface area contributed by atoms with Crippen molar-refractivity contribution in [1.29, 1.82) is 0 Å². The maximum Gasteiger partial charge on any atom is 0.278 e. The Labute approximate surface area is 177 Å². The summed E-state index contributed by atoms with van der Waals surface area (Å²) in [5, 5.41) is 6.14. The minimum atomic E-state index is -0.620. The highest BCUT2D eigenvalue weighted by Gasteiger charge is 2.22. The maximum absolute atomic E-state index is 13.4. The van der Waals surface area contributed by atoms with Crippen LogP contribution in [0.1, 0.15) is 10.4 Å². The number of rotatable bonds is 8. The number of amides is 1. The predicted octanol–water partition coefficient (Wildman–Crippen LogP) is 3.17. The van der Waals surface area contributed by atoms with Crippen LogP contribution in [0.3, 0.4) is 0 Å². The molecule has 1 aliphatic rings. The molecule has 2 aromatic heterocycles. The number of para-hydroxylation sites is 2. The summed E-state index contributed by atoms with van der Waals surface area (Å²) < 4.78 is 24.5. The van der Waals surface area contributed by atoms with Gasteiger partial charge in [0.1, 0.15) is 23.5 Å². The van der Waals surface area contributed by atoms with E-state index in [0.717, 1.165) is 0 Å². The molecule has 3 heterocycles. The molecule has 1 saturated heterocycles. The first-order valence-electron chi connectivity index (χ1n) is 9.46. The zero-order chi connectivity index (χ0) is 21.6. The number of benzene rings is 1. The number of nitrogens with zero attached hydrogens (tertiary/aromatic N) is 2. The molecule has 4 rings (SSSR count). The second-order valence-corrected chi connectivity index (χ2v) is 6.62. The van der Waals surface area contributed by atoms with Crippen LogP contribution < -0.4 is 20.9 Å². The molecular formula is C21H20FN5O4. The molecule has 0 aliphatic carbocycles. The maximum atomic E-state index is 13.4. The molecule has 0 atom stereocenters. The highest BCUT2D eigenvalue weighted by Crippen LogP contribution is 2.31. The molecule has 0 unspecified atom stereocenters. The lowest BCUT2D eigenvalue weighted by molar-refractivity contribution is -0.0793. The Morgan fingerprint density at radius 3 is 2.68 bits per heavy atom. The molecule has 10 heteroatoms. The number of hydrogen-bond acceptors (Lipinski definition) is 8. The number of anilines is 4. The number of halogens is 1. The average molecular weight is 425 g/mol. The van der Waals surface area contributed by atoms with E-state index in [1.165, 1.54) is 25.4 Å². The number of hydrogen-bond donors (Lipinski definition) is 3. The minimum Gasteiger partial charge on any atom is -0.483 e. The van der Waals surface area contributed by atoms with Crippen molar-refractivity contribution in [3.8, 4) is 5.75 Å². The van der Waals surface area contributed by atoms with Crippen LogP contribution in [0.5, 0.6) is 5.75 Å². The number of aromatic nitrogens is 2. The first-order valence-corrected chi connectivity index (χ1v) is 9.46. The van der Waals surface area contributed by atoms with E-state index in [-0.39, 0.29) is 17.5 Å². The van der Waals surface area contributed by atoms with Crippen molar-refractivity contribution < 1.29 is 23.5 Å². The highest BCUT2D eigenvalue weighted by molar-refractivity contribution is 6.00. The number of hydroxylamine groups is 1. The van der Waals surface area contributed by atoms with Crippen molar-refractivity contribution in [2.45, 2.75) is 6.10 Å². The molecule has 0 radical (unpaired) electrons. The lowest BCUT2D eigenvalue weighted by Crippen LogP contribution is -2.38. The van der Waals surface area contributed by atoms with Crippen molar-refractivity contribution in [1.82, 2.24) is 15.4 Å². The molecule has 9 nitrogen and oxygen atoms in total. The van der Waals surface area contributed by atoms with E-state index in [1.807, 2.05) is 24.3 Å². The number of ether oxygens (including phenoxy) is 2. The van der Waals surface area contributed by atoms with E-state index in [4.69, 9.17) is 14.3 Å². The summed E-state index contributed by atoms with van der Waals surface area (Å²) in [6, 6.07) is 13.3. The van der Waals surface area contributed by atoms with Gasteiger partial charge >= 0.3 is 0 Å². The van der Waals surface area contributed by atoms with Gasteiger partial charge in [-0.25, -0.2) is 15.4 Å². The van der Waals surface area contributed by atoms with E-state index >= 15 is 0 Å². The summed E-state index contributed by atoms with van der Waals surface area (Å²) in [5.74, 6) is 0.151. The zero-order valence-corrected chi connectivity index (χ0v) is 16.6. The smallest absolute Gasteiger partial charge is 0.278 e. The predicted molar refractivity (Wildman–Crippen MR) is 111 cm³/mol. The third kappa shape index (κ3) is 5.05. The number of carbonyl (C=O) groups is 1. The Morgan fingerprint density at radius 1 is 1.10 bits per heavy atom. The average Bonchev–Trinajstić information content (AvgIpc) is 2.72. The Kier molecular flexibility index (Phi) is 6.20. The molecular weight excluding hydrogens is 405 g/mol. The molecule has 0 saturated carbocycles. The highest BCUT2D eigenvalue weighted by atomic mass is 19.1. The van der Waals surface area contributed by atoms with Crippen molar-refractivity contribution in [3.63, 3.8) is 0 Å². The van der Waals surface area contributed by atoms with Gasteiger partial charge < -0.3 is 20.1 Å². The Balaban J connectivity index is 1.64. The second kappa shape index (κ2) is 9.37. The van der Waals surface area contributed by atoms with E-state index < -0.39 is 11.9 Å². The van der Waals surface area contributed by atoms with E-state index in [9.17, 15) is 9.18 Å². The molecule has 1 amide bonds. The summed E-state index contributed by atoms with van der Waals surface area (Å²) in [6.45, 7) is 1.06. The van der Waals surface area contributed by atoms with Gasteiger partial charge in [-0.15, -0.1) is 0 Å². The molecule has 0 spiro atoms. The number of pyridine rings is 2. The number of nitrogens with one attached hydrogen (secondary N) is 3. The van der Waals surface area contributed by atoms with Gasteiger partial charge in [0.05, 0.1) is 37.3 Å². The van der Waals surface area contributed by atoms with Gasteiger partial charge in [0.25, 0.3) is 5.91 Å². The van der Waals surface area contributed by atoms with Crippen molar-refractivity contribution in [3.05, 3.63) is 66.2 Å². The fourth-order valence-corrected chi connectivity index (χ4v) is 2.84. The van der Waals surface area contributed by atoms with Crippen LogP contribution in [0.15, 0.2) is 54.7 Å².